The largest absolute Gasteiger partial charge is 0.462 e. The average Bonchev–Trinajstić information content (AvgIpc) is 3.28. The van der Waals surface area contributed by atoms with E-state index < -0.39 is 6.10 Å². The zero-order chi connectivity index (χ0) is 45.8. The monoisotopic (exact) mass is 887 g/mol. The second-order valence-electron chi connectivity index (χ2n) is 18.8. The molecule has 0 aliphatic rings. The highest BCUT2D eigenvalue weighted by atomic mass is 16.6. The van der Waals surface area contributed by atoms with Crippen LogP contribution in [0.1, 0.15) is 303 Å². The number of carbonyl (C=O) groups is 3. The van der Waals surface area contributed by atoms with Crippen LogP contribution in [0.5, 0.6) is 0 Å². The number of hydrogen-bond donors (Lipinski definition) is 0. The van der Waals surface area contributed by atoms with Gasteiger partial charge in [-0.15, -0.1) is 0 Å². The highest BCUT2D eigenvalue weighted by Gasteiger charge is 2.19. The third-order valence-corrected chi connectivity index (χ3v) is 12.4. The van der Waals surface area contributed by atoms with Gasteiger partial charge in [-0.2, -0.15) is 0 Å². The lowest BCUT2D eigenvalue weighted by atomic mass is 10.1. The van der Waals surface area contributed by atoms with Crippen LogP contribution >= 0.6 is 0 Å². The molecule has 0 rings (SSSR count). The van der Waals surface area contributed by atoms with Gasteiger partial charge in [-0.25, -0.2) is 0 Å². The molecule has 0 aromatic rings. The van der Waals surface area contributed by atoms with Crippen LogP contribution in [0, 0.1) is 0 Å². The van der Waals surface area contributed by atoms with Gasteiger partial charge in [0, 0.05) is 19.3 Å². The highest BCUT2D eigenvalue weighted by molar-refractivity contribution is 5.71. The van der Waals surface area contributed by atoms with Crippen molar-refractivity contribution in [2.75, 3.05) is 13.2 Å². The van der Waals surface area contributed by atoms with Crippen molar-refractivity contribution in [3.63, 3.8) is 0 Å². The van der Waals surface area contributed by atoms with Gasteiger partial charge in [0.1, 0.15) is 13.2 Å². The zero-order valence-corrected chi connectivity index (χ0v) is 42.4. The molecule has 0 saturated carbocycles. The Hall–Kier alpha value is -2.11. The van der Waals surface area contributed by atoms with Crippen molar-refractivity contribution < 1.29 is 28.6 Å². The number of carbonyl (C=O) groups excluding carboxylic acids is 3. The van der Waals surface area contributed by atoms with Crippen LogP contribution in [0.3, 0.4) is 0 Å². The number of unbranched alkanes of at least 4 members (excludes halogenated alkanes) is 36. The van der Waals surface area contributed by atoms with Crippen LogP contribution in [0.4, 0.5) is 0 Å². The molecule has 0 unspecified atom stereocenters. The molecular weight excluding hydrogens is 781 g/mol. The van der Waals surface area contributed by atoms with Gasteiger partial charge in [-0.1, -0.05) is 238 Å². The Morgan fingerprint density at radius 1 is 0.302 bits per heavy atom. The molecular formula is C57H106O6. The first-order valence-corrected chi connectivity index (χ1v) is 27.8. The first kappa shape index (κ1) is 60.9. The summed E-state index contributed by atoms with van der Waals surface area (Å²) >= 11 is 0. The van der Waals surface area contributed by atoms with Crippen molar-refractivity contribution in [2.24, 2.45) is 0 Å². The molecule has 0 heterocycles. The second kappa shape index (κ2) is 52.5. The second-order valence-corrected chi connectivity index (χ2v) is 18.8. The molecule has 0 amide bonds. The third kappa shape index (κ3) is 50.7. The van der Waals surface area contributed by atoms with Crippen molar-refractivity contribution in [3.05, 3.63) is 24.3 Å². The van der Waals surface area contributed by atoms with Crippen LogP contribution in [-0.2, 0) is 28.6 Å². The summed E-state index contributed by atoms with van der Waals surface area (Å²) in [6.45, 7) is 6.65. The highest BCUT2D eigenvalue weighted by Crippen LogP contribution is 2.16. The molecule has 0 aromatic heterocycles. The van der Waals surface area contributed by atoms with Crippen molar-refractivity contribution in [2.45, 2.75) is 309 Å². The predicted octanol–water partition coefficient (Wildman–Crippen LogP) is 18.3. The molecule has 0 N–H and O–H groups in total. The third-order valence-electron chi connectivity index (χ3n) is 12.4. The number of rotatable bonds is 51. The lowest BCUT2D eigenvalue weighted by Crippen LogP contribution is -2.30. The van der Waals surface area contributed by atoms with E-state index in [1.807, 2.05) is 0 Å². The van der Waals surface area contributed by atoms with Crippen LogP contribution in [0.15, 0.2) is 24.3 Å². The van der Waals surface area contributed by atoms with E-state index in [1.54, 1.807) is 0 Å². The normalized spacial score (nSPS) is 12.1. The van der Waals surface area contributed by atoms with Gasteiger partial charge in [-0.3, -0.25) is 14.4 Å². The van der Waals surface area contributed by atoms with Crippen molar-refractivity contribution in [3.8, 4) is 0 Å². The maximum absolute atomic E-state index is 12.8. The van der Waals surface area contributed by atoms with Gasteiger partial charge in [0.25, 0.3) is 0 Å². The molecule has 0 spiro atoms. The molecule has 0 radical (unpaired) electrons. The fraction of sp³-hybridized carbons (Fsp3) is 0.877. The van der Waals surface area contributed by atoms with E-state index in [9.17, 15) is 14.4 Å². The van der Waals surface area contributed by atoms with E-state index in [2.05, 4.69) is 45.1 Å². The minimum atomic E-state index is -0.771. The Labute approximate surface area is 392 Å². The van der Waals surface area contributed by atoms with Crippen molar-refractivity contribution in [1.82, 2.24) is 0 Å². The van der Waals surface area contributed by atoms with Gasteiger partial charge >= 0.3 is 17.9 Å². The van der Waals surface area contributed by atoms with E-state index in [-0.39, 0.29) is 31.1 Å². The predicted molar refractivity (Wildman–Crippen MR) is 270 cm³/mol. The van der Waals surface area contributed by atoms with Crippen LogP contribution < -0.4 is 0 Å². The Morgan fingerprint density at radius 3 is 0.794 bits per heavy atom. The quantitative estimate of drug-likeness (QED) is 0.0262. The van der Waals surface area contributed by atoms with Crippen molar-refractivity contribution in [1.29, 1.82) is 0 Å². The molecule has 0 fully saturated rings. The Kier molecular flexibility index (Phi) is 50.8. The minimum Gasteiger partial charge on any atom is -0.462 e. The summed E-state index contributed by atoms with van der Waals surface area (Å²) in [5, 5.41) is 0. The fourth-order valence-electron chi connectivity index (χ4n) is 8.20. The summed E-state index contributed by atoms with van der Waals surface area (Å²) in [6.07, 6.45) is 60.2. The van der Waals surface area contributed by atoms with Crippen LogP contribution in [-0.4, -0.2) is 37.2 Å². The van der Waals surface area contributed by atoms with E-state index in [0.29, 0.717) is 19.3 Å². The molecule has 0 bridgehead atoms. The smallest absolute Gasteiger partial charge is 0.306 e. The fourth-order valence-corrected chi connectivity index (χ4v) is 8.20. The number of ether oxygens (including phenoxy) is 3. The molecule has 63 heavy (non-hydrogen) atoms. The Bertz CT molecular complexity index is 1020. The average molecular weight is 887 g/mol. The molecule has 0 saturated heterocycles. The van der Waals surface area contributed by atoms with E-state index in [0.717, 1.165) is 64.2 Å². The summed E-state index contributed by atoms with van der Waals surface area (Å²) in [6, 6.07) is 0. The minimum absolute atomic E-state index is 0.0707. The molecule has 0 aromatic carbocycles. The number of hydrogen-bond acceptors (Lipinski definition) is 6. The molecule has 370 valence electrons. The van der Waals surface area contributed by atoms with E-state index in [1.165, 1.54) is 199 Å². The van der Waals surface area contributed by atoms with Gasteiger partial charge in [0.05, 0.1) is 0 Å². The Morgan fingerprint density at radius 2 is 0.524 bits per heavy atom. The maximum atomic E-state index is 12.8. The zero-order valence-electron chi connectivity index (χ0n) is 42.4. The maximum Gasteiger partial charge on any atom is 0.306 e. The first-order valence-electron chi connectivity index (χ1n) is 27.8. The van der Waals surface area contributed by atoms with Crippen LogP contribution in [0.25, 0.3) is 0 Å². The summed E-state index contributed by atoms with van der Waals surface area (Å²) in [7, 11) is 0. The lowest BCUT2D eigenvalue weighted by Gasteiger charge is -2.18. The standard InChI is InChI=1S/C57H106O6/c1-4-7-10-13-16-19-22-24-26-27-28-29-31-33-36-39-42-45-48-51-57(60)63-54(52-61-55(58)49-46-43-40-37-34-21-18-15-12-9-6-3)53-62-56(59)50-47-44-41-38-35-32-30-25-23-20-17-14-11-8-5-2/h24-26,30,54H,4-23,27-29,31-53H2,1-3H3/b26-24-,30-25-/t54-/m0/s1. The van der Waals surface area contributed by atoms with Gasteiger partial charge in [0.15, 0.2) is 6.10 Å². The van der Waals surface area contributed by atoms with Crippen molar-refractivity contribution >= 4 is 17.9 Å². The molecule has 6 nitrogen and oxygen atoms in total. The summed E-state index contributed by atoms with van der Waals surface area (Å²) < 4.78 is 16.8. The van der Waals surface area contributed by atoms with E-state index >= 15 is 0 Å². The number of esters is 3. The van der Waals surface area contributed by atoms with Gasteiger partial charge in [0.2, 0.25) is 0 Å². The molecule has 0 aliphatic carbocycles. The molecule has 0 aliphatic heterocycles. The summed E-state index contributed by atoms with van der Waals surface area (Å²) in [5.41, 5.74) is 0. The van der Waals surface area contributed by atoms with E-state index in [4.69, 9.17) is 14.2 Å². The summed E-state index contributed by atoms with van der Waals surface area (Å²) in [5.74, 6) is -0.866. The Balaban J connectivity index is 4.31. The SMILES string of the molecule is CCCCCCCC/C=C\CCCCCCCCCCCC(=O)O[C@H](COC(=O)CCCCCCC/C=C\CCCCCCCC)COC(=O)CCCCCCCCCCCCC. The lowest BCUT2D eigenvalue weighted by molar-refractivity contribution is -0.167. The molecule has 1 atom stereocenters. The first-order chi connectivity index (χ1) is 31.0. The van der Waals surface area contributed by atoms with Gasteiger partial charge in [-0.05, 0) is 70.6 Å². The summed E-state index contributed by atoms with van der Waals surface area (Å²) in [4.78, 5) is 38.0. The molecule has 6 heteroatoms. The van der Waals surface area contributed by atoms with Gasteiger partial charge < -0.3 is 14.2 Å². The van der Waals surface area contributed by atoms with Crippen LogP contribution in [0.2, 0.25) is 0 Å². The number of allylic oxidation sites excluding steroid dienone is 4. The topological polar surface area (TPSA) is 78.9 Å².